The molecule has 1 aliphatic rings. The molecule has 1 aromatic heterocycles. The lowest BCUT2D eigenvalue weighted by atomic mass is 9.97. The fourth-order valence-corrected chi connectivity index (χ4v) is 4.43. The number of nitrogens with one attached hydrogen (secondary N) is 2. The first-order chi connectivity index (χ1) is 18.7. The monoisotopic (exact) mass is 535 g/mol. The molecule has 0 saturated heterocycles. The minimum Gasteiger partial charge on any atom is -0.508 e. The number of rotatable bonds is 9. The normalized spacial score (nSPS) is 14.3. The molecule has 1 heterocycles. The van der Waals surface area contributed by atoms with Crippen molar-refractivity contribution in [1.29, 1.82) is 0 Å². The maximum atomic E-state index is 13.5. The van der Waals surface area contributed by atoms with Gasteiger partial charge in [-0.05, 0) is 66.8 Å². The zero-order valence-corrected chi connectivity index (χ0v) is 20.9. The number of nitrogens with two attached hydrogens (primary N) is 1. The number of hydrogen-bond acceptors (Lipinski definition) is 5. The molecule has 0 radical (unpaired) electrons. The molecule has 1 aliphatic carbocycles. The summed E-state index contributed by atoms with van der Waals surface area (Å²) in [6.45, 7) is 0.958. The lowest BCUT2D eigenvalue weighted by Crippen LogP contribution is -2.25. The maximum Gasteiger partial charge on any atom is 0.435 e. The number of carbonyl (C=O) groups is 1. The van der Waals surface area contributed by atoms with Gasteiger partial charge in [0.15, 0.2) is 5.69 Å². The first-order valence-electron chi connectivity index (χ1n) is 12.6. The van der Waals surface area contributed by atoms with Gasteiger partial charge in [-0.2, -0.15) is 18.3 Å². The second-order valence-corrected chi connectivity index (χ2v) is 9.62. The summed E-state index contributed by atoms with van der Waals surface area (Å²) in [6, 6.07) is 21.0. The van der Waals surface area contributed by atoms with Gasteiger partial charge in [-0.15, -0.1) is 0 Å². The zero-order valence-electron chi connectivity index (χ0n) is 20.9. The molecular weight excluding hydrogens is 507 g/mol. The Kier molecular flexibility index (Phi) is 7.40. The van der Waals surface area contributed by atoms with Crippen LogP contribution in [0.5, 0.6) is 5.75 Å². The van der Waals surface area contributed by atoms with Crippen molar-refractivity contribution < 1.29 is 23.1 Å². The number of amides is 1. The average Bonchev–Trinajstić information content (AvgIpc) is 3.63. The van der Waals surface area contributed by atoms with Crippen molar-refractivity contribution >= 4 is 11.6 Å². The van der Waals surface area contributed by atoms with Gasteiger partial charge in [-0.1, -0.05) is 42.5 Å². The second-order valence-electron chi connectivity index (χ2n) is 9.62. The quantitative estimate of drug-likeness (QED) is 0.230. The minimum atomic E-state index is -4.73. The van der Waals surface area contributed by atoms with Crippen LogP contribution in [0.3, 0.4) is 0 Å². The van der Waals surface area contributed by atoms with Gasteiger partial charge in [0, 0.05) is 23.9 Å². The lowest BCUT2D eigenvalue weighted by molar-refractivity contribution is -0.141. The van der Waals surface area contributed by atoms with Gasteiger partial charge in [0.2, 0.25) is 0 Å². The molecule has 1 saturated carbocycles. The van der Waals surface area contributed by atoms with Crippen molar-refractivity contribution in [3.8, 4) is 11.4 Å². The number of hydrogen-bond donors (Lipinski definition) is 4. The first kappa shape index (κ1) is 26.5. The summed E-state index contributed by atoms with van der Waals surface area (Å²) in [5.41, 5.74) is 7.08. The number of halogens is 3. The summed E-state index contributed by atoms with van der Waals surface area (Å²) in [5.74, 6) is -0.0241. The van der Waals surface area contributed by atoms with E-state index >= 15 is 0 Å². The molecule has 5 rings (SSSR count). The lowest BCUT2D eigenvalue weighted by Gasteiger charge is -2.21. The Morgan fingerprint density at radius 1 is 1.05 bits per heavy atom. The van der Waals surface area contributed by atoms with Crippen LogP contribution in [-0.4, -0.2) is 27.3 Å². The number of phenols is 1. The van der Waals surface area contributed by atoms with Crippen LogP contribution in [0.25, 0.3) is 5.69 Å². The number of carbonyl (C=O) groups excluding carboxylic acids is 1. The third-order valence-electron chi connectivity index (χ3n) is 6.66. The Hall–Kier alpha value is -4.15. The SMILES string of the molecule is NCc1cccc(-n2nc(C(F)(F)F)cc2C(=O)Nc2cccc(C(NCC3CC3)c3ccccc3O)c2)c1. The van der Waals surface area contributed by atoms with Gasteiger partial charge in [-0.3, -0.25) is 4.79 Å². The van der Waals surface area contributed by atoms with Crippen LogP contribution in [0.1, 0.15) is 51.8 Å². The Labute approximate surface area is 223 Å². The number of anilines is 1. The molecule has 1 fully saturated rings. The zero-order chi connectivity index (χ0) is 27.6. The minimum absolute atomic E-state index is 0.142. The van der Waals surface area contributed by atoms with Crippen molar-refractivity contribution in [1.82, 2.24) is 15.1 Å². The Morgan fingerprint density at radius 3 is 2.54 bits per heavy atom. The second kappa shape index (κ2) is 10.9. The van der Waals surface area contributed by atoms with Crippen LogP contribution in [0.2, 0.25) is 0 Å². The van der Waals surface area contributed by atoms with Crippen LogP contribution in [-0.2, 0) is 12.7 Å². The summed E-state index contributed by atoms with van der Waals surface area (Å²) >= 11 is 0. The van der Waals surface area contributed by atoms with E-state index in [0.29, 0.717) is 22.7 Å². The van der Waals surface area contributed by atoms with Gasteiger partial charge >= 0.3 is 6.18 Å². The van der Waals surface area contributed by atoms with Crippen molar-refractivity contribution in [3.05, 3.63) is 107 Å². The Balaban J connectivity index is 1.46. The van der Waals surface area contributed by atoms with Crippen molar-refractivity contribution in [2.45, 2.75) is 31.6 Å². The standard InChI is InChI=1S/C29H28F3N5O2/c30-29(31,32)26-15-24(37(36-26)22-8-3-5-19(13-22)16-33)28(39)35-21-7-4-6-20(14-21)27(34-17-18-11-12-18)23-9-1-2-10-25(23)38/h1-10,13-15,18,27,34,38H,11-12,16-17,33H2,(H,35,39). The van der Waals surface area contributed by atoms with Crippen LogP contribution >= 0.6 is 0 Å². The van der Waals surface area contributed by atoms with Gasteiger partial charge in [0.1, 0.15) is 11.4 Å². The third-order valence-corrected chi connectivity index (χ3v) is 6.66. The molecule has 3 aromatic carbocycles. The molecule has 5 N–H and O–H groups in total. The highest BCUT2D eigenvalue weighted by Gasteiger charge is 2.36. The van der Waals surface area contributed by atoms with Gasteiger partial charge < -0.3 is 21.5 Å². The van der Waals surface area contributed by atoms with Crippen LogP contribution < -0.4 is 16.4 Å². The van der Waals surface area contributed by atoms with E-state index in [9.17, 15) is 23.1 Å². The topological polar surface area (TPSA) is 105 Å². The number of alkyl halides is 3. The molecule has 1 atom stereocenters. The van der Waals surface area contributed by atoms with E-state index in [0.717, 1.165) is 35.7 Å². The smallest absolute Gasteiger partial charge is 0.435 e. The van der Waals surface area contributed by atoms with E-state index < -0.39 is 17.8 Å². The molecule has 1 unspecified atom stereocenters. The van der Waals surface area contributed by atoms with E-state index in [1.54, 1.807) is 54.6 Å². The molecule has 0 aliphatic heterocycles. The van der Waals surface area contributed by atoms with Crippen molar-refractivity contribution in [2.75, 3.05) is 11.9 Å². The van der Waals surface area contributed by atoms with Gasteiger partial charge in [-0.25, -0.2) is 4.68 Å². The molecule has 39 heavy (non-hydrogen) atoms. The predicted molar refractivity (Wildman–Crippen MR) is 142 cm³/mol. The van der Waals surface area contributed by atoms with Crippen molar-refractivity contribution in [2.24, 2.45) is 11.7 Å². The molecular formula is C29H28F3N5O2. The van der Waals surface area contributed by atoms with E-state index in [1.165, 1.54) is 0 Å². The highest BCUT2D eigenvalue weighted by molar-refractivity contribution is 6.03. The third kappa shape index (κ3) is 6.13. The van der Waals surface area contributed by atoms with E-state index in [1.807, 2.05) is 18.2 Å². The first-order valence-corrected chi connectivity index (χ1v) is 12.6. The van der Waals surface area contributed by atoms with Gasteiger partial charge in [0.05, 0.1) is 11.7 Å². The summed E-state index contributed by atoms with van der Waals surface area (Å²) in [7, 11) is 0. The summed E-state index contributed by atoms with van der Waals surface area (Å²) in [5, 5.41) is 20.4. The summed E-state index contributed by atoms with van der Waals surface area (Å²) in [6.07, 6.45) is -2.43. The highest BCUT2D eigenvalue weighted by Crippen LogP contribution is 2.34. The number of para-hydroxylation sites is 1. The number of nitrogens with zero attached hydrogens (tertiary/aromatic N) is 2. The average molecular weight is 536 g/mol. The van der Waals surface area contributed by atoms with Crippen LogP contribution in [0.4, 0.5) is 18.9 Å². The number of benzene rings is 3. The fraction of sp³-hybridized carbons (Fsp3) is 0.241. The predicted octanol–water partition coefficient (Wildman–Crippen LogP) is 5.40. The fourth-order valence-electron chi connectivity index (χ4n) is 4.43. The number of aromatic nitrogens is 2. The molecule has 0 spiro atoms. The summed E-state index contributed by atoms with van der Waals surface area (Å²) < 4.78 is 41.6. The van der Waals surface area contributed by atoms with Crippen LogP contribution in [0.15, 0.2) is 78.9 Å². The molecule has 202 valence electrons. The summed E-state index contributed by atoms with van der Waals surface area (Å²) in [4.78, 5) is 13.3. The number of aromatic hydroxyl groups is 1. The number of phenolic OH excluding ortho intramolecular Hbond substituents is 1. The molecule has 1 amide bonds. The van der Waals surface area contributed by atoms with E-state index in [-0.39, 0.29) is 29.7 Å². The molecule has 7 nitrogen and oxygen atoms in total. The molecule has 0 bridgehead atoms. The van der Waals surface area contributed by atoms with E-state index in [2.05, 4.69) is 15.7 Å². The molecule has 10 heteroatoms. The van der Waals surface area contributed by atoms with Crippen LogP contribution in [0, 0.1) is 5.92 Å². The Bertz CT molecular complexity index is 1480. The maximum absolute atomic E-state index is 13.5. The largest absolute Gasteiger partial charge is 0.508 e. The van der Waals surface area contributed by atoms with Gasteiger partial charge in [0.25, 0.3) is 5.91 Å². The Morgan fingerprint density at radius 2 is 1.82 bits per heavy atom. The van der Waals surface area contributed by atoms with E-state index in [4.69, 9.17) is 5.73 Å². The molecule has 4 aromatic rings. The van der Waals surface area contributed by atoms with Crippen molar-refractivity contribution in [3.63, 3.8) is 0 Å². The highest BCUT2D eigenvalue weighted by atomic mass is 19.4.